The van der Waals surface area contributed by atoms with Crippen LogP contribution in [-0.2, 0) is 5.41 Å². The average Bonchev–Trinajstić information content (AvgIpc) is 3.71. The Hall–Kier alpha value is -6.51. The molecule has 0 aliphatic heterocycles. The van der Waals surface area contributed by atoms with E-state index in [1.807, 2.05) is 0 Å². The third-order valence-electron chi connectivity index (χ3n) is 11.6. The van der Waals surface area contributed by atoms with Crippen LogP contribution < -0.4 is 0 Å². The Morgan fingerprint density at radius 1 is 0.462 bits per heavy atom. The molecule has 2 nitrogen and oxygen atoms in total. The van der Waals surface area contributed by atoms with Crippen LogP contribution in [0.1, 0.15) is 25.0 Å². The van der Waals surface area contributed by atoms with Crippen molar-refractivity contribution in [2.24, 2.45) is 0 Å². The number of imidazole rings is 1. The quantitative estimate of drug-likeness (QED) is 0.172. The van der Waals surface area contributed by atoms with Crippen molar-refractivity contribution in [3.8, 4) is 44.8 Å². The minimum atomic E-state index is -0.110. The molecule has 1 aliphatic carbocycles. The monoisotopic (exact) mass is 662 g/mol. The fourth-order valence-electron chi connectivity index (χ4n) is 9.03. The maximum Gasteiger partial charge on any atom is 0.147 e. The summed E-state index contributed by atoms with van der Waals surface area (Å²) >= 11 is 0. The van der Waals surface area contributed by atoms with Crippen LogP contribution in [0.5, 0.6) is 0 Å². The molecular weight excluding hydrogens is 629 g/mol. The second kappa shape index (κ2) is 10.7. The number of fused-ring (bicyclic) bond motifs is 13. The molecule has 0 unspecified atom stereocenters. The van der Waals surface area contributed by atoms with Gasteiger partial charge in [-0.1, -0.05) is 172 Å². The van der Waals surface area contributed by atoms with E-state index in [1.165, 1.54) is 71.1 Å². The Bertz CT molecular complexity index is 3080. The second-order valence-electron chi connectivity index (χ2n) is 14.7. The third kappa shape index (κ3) is 4.04. The number of nitrogens with zero attached hydrogens (tertiary/aromatic N) is 2. The molecule has 2 heterocycles. The van der Waals surface area contributed by atoms with Gasteiger partial charge in [0.2, 0.25) is 0 Å². The van der Waals surface area contributed by atoms with E-state index < -0.39 is 0 Å². The summed E-state index contributed by atoms with van der Waals surface area (Å²) in [5.41, 5.74) is 14.3. The number of hydrogen-bond donors (Lipinski definition) is 0. The van der Waals surface area contributed by atoms with Crippen molar-refractivity contribution in [1.29, 1.82) is 0 Å². The van der Waals surface area contributed by atoms with Gasteiger partial charge in [-0.05, 0) is 72.4 Å². The molecule has 11 rings (SSSR count). The van der Waals surface area contributed by atoms with Gasteiger partial charge in [-0.25, -0.2) is 4.98 Å². The van der Waals surface area contributed by atoms with Crippen molar-refractivity contribution in [2.45, 2.75) is 19.3 Å². The molecule has 0 radical (unpaired) electrons. The smallest absolute Gasteiger partial charge is 0.147 e. The van der Waals surface area contributed by atoms with Gasteiger partial charge < -0.3 is 0 Å². The zero-order valence-corrected chi connectivity index (χ0v) is 29.1. The van der Waals surface area contributed by atoms with Crippen LogP contribution in [0, 0.1) is 0 Å². The van der Waals surface area contributed by atoms with Crippen molar-refractivity contribution < 1.29 is 0 Å². The number of pyridine rings is 1. The van der Waals surface area contributed by atoms with Gasteiger partial charge in [0, 0.05) is 27.3 Å². The average molecular weight is 663 g/mol. The summed E-state index contributed by atoms with van der Waals surface area (Å²) in [6, 6.07) is 62.2. The summed E-state index contributed by atoms with van der Waals surface area (Å²) in [6.07, 6.45) is 0. The molecule has 1 aliphatic rings. The summed E-state index contributed by atoms with van der Waals surface area (Å²) < 4.78 is 2.44. The molecule has 0 fully saturated rings. The van der Waals surface area contributed by atoms with E-state index in [9.17, 15) is 0 Å². The number of hydrogen-bond acceptors (Lipinski definition) is 1. The molecule has 52 heavy (non-hydrogen) atoms. The molecule has 0 bridgehead atoms. The lowest BCUT2D eigenvalue weighted by Crippen LogP contribution is -2.15. The highest BCUT2D eigenvalue weighted by Gasteiger charge is 2.36. The van der Waals surface area contributed by atoms with Gasteiger partial charge in [0.25, 0.3) is 0 Å². The van der Waals surface area contributed by atoms with Crippen LogP contribution in [0.25, 0.3) is 93.6 Å². The van der Waals surface area contributed by atoms with E-state index in [2.05, 4.69) is 188 Å². The topological polar surface area (TPSA) is 17.3 Å². The summed E-state index contributed by atoms with van der Waals surface area (Å²) in [5, 5.41) is 8.66. The van der Waals surface area contributed by atoms with Crippen molar-refractivity contribution in [3.63, 3.8) is 0 Å². The van der Waals surface area contributed by atoms with Crippen molar-refractivity contribution in [3.05, 3.63) is 181 Å². The molecular formula is C50H34N2. The summed E-state index contributed by atoms with van der Waals surface area (Å²) in [5.74, 6) is 0. The normalized spacial score (nSPS) is 13.3. The Labute approximate surface area is 302 Å². The zero-order chi connectivity index (χ0) is 34.6. The van der Waals surface area contributed by atoms with E-state index in [-0.39, 0.29) is 5.41 Å². The van der Waals surface area contributed by atoms with Crippen LogP contribution in [0.3, 0.4) is 0 Å². The standard InChI is InChI=1S/C50H34N2/c1-50(2)42-28-24-32-14-9-11-19-37(32)45(42)41-27-23-35(29-43(41)50)36-22-25-39-40-26-21-31-13-10-12-20-38(31)46(40)49-51-47(33-15-5-3-6-16-33)48(52(49)44(39)30-36)34-17-7-4-8-18-34/h3-30H,1-2H3. The van der Waals surface area contributed by atoms with Crippen LogP contribution >= 0.6 is 0 Å². The number of rotatable bonds is 3. The van der Waals surface area contributed by atoms with Gasteiger partial charge >= 0.3 is 0 Å². The molecule has 0 saturated carbocycles. The number of aromatic nitrogens is 2. The van der Waals surface area contributed by atoms with E-state index in [0.29, 0.717) is 0 Å². The largest absolute Gasteiger partial charge is 0.291 e. The van der Waals surface area contributed by atoms with Crippen molar-refractivity contribution >= 4 is 48.9 Å². The van der Waals surface area contributed by atoms with E-state index in [1.54, 1.807) is 0 Å². The predicted octanol–water partition coefficient (Wildman–Crippen LogP) is 13.3. The lowest BCUT2D eigenvalue weighted by molar-refractivity contribution is 0.661. The Balaban J connectivity index is 1.23. The summed E-state index contributed by atoms with van der Waals surface area (Å²) in [4.78, 5) is 5.57. The van der Waals surface area contributed by atoms with E-state index in [0.717, 1.165) is 33.7 Å². The molecule has 0 amide bonds. The maximum absolute atomic E-state index is 5.57. The van der Waals surface area contributed by atoms with Crippen LogP contribution in [0.2, 0.25) is 0 Å². The Kier molecular flexibility index (Phi) is 6.04. The molecule has 2 heteroatoms. The first kappa shape index (κ1) is 29.2. The molecule has 0 spiro atoms. The van der Waals surface area contributed by atoms with Crippen LogP contribution in [0.15, 0.2) is 170 Å². The van der Waals surface area contributed by atoms with Crippen molar-refractivity contribution in [2.75, 3.05) is 0 Å². The Morgan fingerprint density at radius 3 is 1.87 bits per heavy atom. The first-order valence-corrected chi connectivity index (χ1v) is 18.1. The van der Waals surface area contributed by atoms with Gasteiger partial charge in [-0.15, -0.1) is 0 Å². The maximum atomic E-state index is 5.57. The highest BCUT2D eigenvalue weighted by molar-refractivity contribution is 6.23. The lowest BCUT2D eigenvalue weighted by Gasteiger charge is -2.22. The summed E-state index contributed by atoms with van der Waals surface area (Å²) in [7, 11) is 0. The predicted molar refractivity (Wildman–Crippen MR) is 219 cm³/mol. The molecule has 0 saturated heterocycles. The lowest BCUT2D eigenvalue weighted by atomic mass is 9.81. The highest BCUT2D eigenvalue weighted by atomic mass is 15.0. The second-order valence-corrected chi connectivity index (χ2v) is 14.7. The molecule has 0 atom stereocenters. The van der Waals surface area contributed by atoms with Gasteiger partial charge in [0.15, 0.2) is 0 Å². The van der Waals surface area contributed by atoms with Crippen molar-refractivity contribution in [1.82, 2.24) is 9.38 Å². The fraction of sp³-hybridized carbons (Fsp3) is 0.0600. The fourth-order valence-corrected chi connectivity index (χ4v) is 9.03. The Morgan fingerprint density at radius 2 is 1.08 bits per heavy atom. The first-order chi connectivity index (χ1) is 25.6. The van der Waals surface area contributed by atoms with Gasteiger partial charge in [-0.3, -0.25) is 4.40 Å². The molecule has 10 aromatic rings. The van der Waals surface area contributed by atoms with Crippen LogP contribution in [-0.4, -0.2) is 9.38 Å². The highest BCUT2D eigenvalue weighted by Crippen LogP contribution is 2.52. The minimum Gasteiger partial charge on any atom is -0.291 e. The molecule has 8 aromatic carbocycles. The molecule has 2 aromatic heterocycles. The SMILES string of the molecule is CC1(C)c2cc(-c3ccc4c5ccc6ccccc6c5c5nc(-c6ccccc6)c(-c6ccccc6)n5c4c3)ccc2-c2c1ccc1ccccc21. The van der Waals surface area contributed by atoms with Gasteiger partial charge in [0.05, 0.1) is 16.9 Å². The van der Waals surface area contributed by atoms with Crippen LogP contribution in [0.4, 0.5) is 0 Å². The first-order valence-electron chi connectivity index (χ1n) is 18.1. The summed E-state index contributed by atoms with van der Waals surface area (Å²) in [6.45, 7) is 4.75. The van der Waals surface area contributed by atoms with E-state index >= 15 is 0 Å². The number of benzene rings is 8. The minimum absolute atomic E-state index is 0.110. The zero-order valence-electron chi connectivity index (χ0n) is 29.1. The van der Waals surface area contributed by atoms with Gasteiger partial charge in [0.1, 0.15) is 5.65 Å². The van der Waals surface area contributed by atoms with Gasteiger partial charge in [-0.2, -0.15) is 0 Å². The van der Waals surface area contributed by atoms with E-state index in [4.69, 9.17) is 4.98 Å². The third-order valence-corrected chi connectivity index (χ3v) is 11.6. The molecule has 0 N–H and O–H groups in total. The molecule has 244 valence electrons.